The van der Waals surface area contributed by atoms with E-state index in [2.05, 4.69) is 33.8 Å². The standard InChI is InChI=1S/C26H44/c1-18(2)8-7-9-19(3)21-13-14-23-22(21)15-16-25-24(23)12-11-20-10-5-6-17-26(20,25)4/h11,18-19,21-25H,5-10,12-17H2,1-4H3/t19?,21?,22?,23?,24?,25?,26-/m0/s1. The highest BCUT2D eigenvalue weighted by Gasteiger charge is 2.53. The van der Waals surface area contributed by atoms with Crippen molar-refractivity contribution < 1.29 is 0 Å². The molecule has 0 nitrogen and oxygen atoms in total. The van der Waals surface area contributed by atoms with Gasteiger partial charge >= 0.3 is 0 Å². The summed E-state index contributed by atoms with van der Waals surface area (Å²) in [6, 6.07) is 0. The van der Waals surface area contributed by atoms with E-state index in [-0.39, 0.29) is 0 Å². The van der Waals surface area contributed by atoms with E-state index in [0.29, 0.717) is 5.41 Å². The van der Waals surface area contributed by atoms with Crippen LogP contribution in [0.25, 0.3) is 0 Å². The third kappa shape index (κ3) is 3.33. The molecule has 0 aromatic rings. The molecule has 0 aromatic heterocycles. The van der Waals surface area contributed by atoms with E-state index in [1.54, 1.807) is 25.7 Å². The average molecular weight is 357 g/mol. The molecule has 148 valence electrons. The van der Waals surface area contributed by atoms with Gasteiger partial charge in [-0.1, -0.05) is 65.0 Å². The Balaban J connectivity index is 1.43. The van der Waals surface area contributed by atoms with Crippen molar-refractivity contribution in [2.24, 2.45) is 46.8 Å². The molecule has 0 heteroatoms. The molecule has 0 aliphatic heterocycles. The van der Waals surface area contributed by atoms with Gasteiger partial charge < -0.3 is 0 Å². The van der Waals surface area contributed by atoms with Crippen LogP contribution in [0.3, 0.4) is 0 Å². The van der Waals surface area contributed by atoms with Gasteiger partial charge in [0, 0.05) is 0 Å². The van der Waals surface area contributed by atoms with Gasteiger partial charge in [0.15, 0.2) is 0 Å². The lowest BCUT2D eigenvalue weighted by Crippen LogP contribution is -2.46. The number of allylic oxidation sites excluding steroid dienone is 2. The lowest BCUT2D eigenvalue weighted by molar-refractivity contribution is 0.000426. The summed E-state index contributed by atoms with van der Waals surface area (Å²) in [5, 5.41) is 0. The van der Waals surface area contributed by atoms with Crippen molar-refractivity contribution >= 4 is 0 Å². The summed E-state index contributed by atoms with van der Waals surface area (Å²) in [7, 11) is 0. The first-order valence-corrected chi connectivity index (χ1v) is 12.2. The van der Waals surface area contributed by atoms with Gasteiger partial charge in [0.25, 0.3) is 0 Å². The van der Waals surface area contributed by atoms with Crippen molar-refractivity contribution in [1.29, 1.82) is 0 Å². The molecule has 0 radical (unpaired) electrons. The van der Waals surface area contributed by atoms with Gasteiger partial charge in [-0.25, -0.2) is 0 Å². The predicted octanol–water partition coefficient (Wildman–Crippen LogP) is 8.03. The molecule has 4 aliphatic carbocycles. The van der Waals surface area contributed by atoms with E-state index in [9.17, 15) is 0 Å². The Morgan fingerprint density at radius 3 is 2.58 bits per heavy atom. The topological polar surface area (TPSA) is 0 Å². The van der Waals surface area contributed by atoms with Crippen LogP contribution in [0.1, 0.15) is 105 Å². The lowest BCUT2D eigenvalue weighted by atomic mass is 9.50. The summed E-state index contributed by atoms with van der Waals surface area (Å²) in [5.74, 6) is 7.12. The average Bonchev–Trinajstić information content (AvgIpc) is 3.05. The number of hydrogen-bond donors (Lipinski definition) is 0. The van der Waals surface area contributed by atoms with E-state index >= 15 is 0 Å². The Morgan fingerprint density at radius 2 is 1.77 bits per heavy atom. The van der Waals surface area contributed by atoms with Gasteiger partial charge in [0.05, 0.1) is 0 Å². The Labute approximate surface area is 163 Å². The minimum Gasteiger partial charge on any atom is -0.0845 e. The number of hydrogen-bond acceptors (Lipinski definition) is 0. The molecule has 0 saturated heterocycles. The van der Waals surface area contributed by atoms with Crippen LogP contribution >= 0.6 is 0 Å². The molecule has 4 aliphatic rings. The quantitative estimate of drug-likeness (QED) is 0.437. The molecule has 7 atom stereocenters. The highest BCUT2D eigenvalue weighted by molar-refractivity contribution is 5.23. The number of fused-ring (bicyclic) bond motifs is 5. The Bertz CT molecular complexity index is 514. The minimum absolute atomic E-state index is 0.590. The summed E-state index contributed by atoms with van der Waals surface area (Å²) >= 11 is 0. The maximum atomic E-state index is 2.74. The summed E-state index contributed by atoms with van der Waals surface area (Å²) in [6.45, 7) is 10.0. The fraction of sp³-hybridized carbons (Fsp3) is 0.923. The van der Waals surface area contributed by atoms with Crippen LogP contribution in [0, 0.1) is 46.8 Å². The van der Waals surface area contributed by atoms with Gasteiger partial charge in [-0.05, 0) is 98.2 Å². The van der Waals surface area contributed by atoms with Crippen molar-refractivity contribution in [3.8, 4) is 0 Å². The van der Waals surface area contributed by atoms with Crippen molar-refractivity contribution in [3.63, 3.8) is 0 Å². The third-order valence-corrected chi connectivity index (χ3v) is 9.56. The van der Waals surface area contributed by atoms with Crippen LogP contribution in [-0.4, -0.2) is 0 Å². The molecule has 0 heterocycles. The van der Waals surface area contributed by atoms with Crippen LogP contribution in [0.4, 0.5) is 0 Å². The van der Waals surface area contributed by atoms with Crippen molar-refractivity contribution in [1.82, 2.24) is 0 Å². The van der Waals surface area contributed by atoms with E-state index in [1.165, 1.54) is 51.4 Å². The zero-order valence-electron chi connectivity index (χ0n) is 18.1. The first-order chi connectivity index (χ1) is 12.5. The maximum Gasteiger partial charge on any atom is -0.00853 e. The molecule has 0 spiro atoms. The second kappa shape index (κ2) is 7.63. The molecule has 0 aromatic carbocycles. The molecule has 6 unspecified atom stereocenters. The molecule has 0 bridgehead atoms. The Morgan fingerprint density at radius 1 is 0.962 bits per heavy atom. The van der Waals surface area contributed by atoms with Crippen LogP contribution in [-0.2, 0) is 0 Å². The zero-order chi connectivity index (χ0) is 18.3. The normalized spacial score (nSPS) is 43.4. The SMILES string of the molecule is CC(C)CCCC(C)C1CCC2C1CCC1C2CC=C2CCCC[C@@]21C. The molecule has 0 amide bonds. The van der Waals surface area contributed by atoms with E-state index in [4.69, 9.17) is 0 Å². The predicted molar refractivity (Wildman–Crippen MR) is 113 cm³/mol. The van der Waals surface area contributed by atoms with Crippen molar-refractivity contribution in [3.05, 3.63) is 11.6 Å². The molecule has 3 saturated carbocycles. The first kappa shape index (κ1) is 19.1. The largest absolute Gasteiger partial charge is 0.0845 e. The molecule has 4 rings (SSSR count). The Kier molecular flexibility index (Phi) is 5.60. The number of rotatable bonds is 5. The molecule has 0 N–H and O–H groups in total. The molecular formula is C26H44. The van der Waals surface area contributed by atoms with E-state index in [0.717, 1.165) is 41.4 Å². The summed E-state index contributed by atoms with van der Waals surface area (Å²) < 4.78 is 0. The van der Waals surface area contributed by atoms with E-state index < -0.39 is 0 Å². The maximum absolute atomic E-state index is 2.74. The van der Waals surface area contributed by atoms with Gasteiger partial charge in [0.1, 0.15) is 0 Å². The monoisotopic (exact) mass is 356 g/mol. The fourth-order valence-electron chi connectivity index (χ4n) is 8.16. The van der Waals surface area contributed by atoms with Crippen LogP contribution in [0.5, 0.6) is 0 Å². The van der Waals surface area contributed by atoms with Gasteiger partial charge in [-0.15, -0.1) is 0 Å². The highest BCUT2D eigenvalue weighted by Crippen LogP contribution is 2.62. The van der Waals surface area contributed by atoms with E-state index in [1.807, 2.05) is 5.57 Å². The summed E-state index contributed by atoms with van der Waals surface area (Å²) in [5.41, 5.74) is 2.47. The summed E-state index contributed by atoms with van der Waals surface area (Å²) in [4.78, 5) is 0. The molecule has 3 fully saturated rings. The first-order valence-electron chi connectivity index (χ1n) is 12.2. The lowest BCUT2D eigenvalue weighted by Gasteiger charge is -2.55. The van der Waals surface area contributed by atoms with Crippen molar-refractivity contribution in [2.75, 3.05) is 0 Å². The van der Waals surface area contributed by atoms with Crippen molar-refractivity contribution in [2.45, 2.75) is 105 Å². The third-order valence-electron chi connectivity index (χ3n) is 9.56. The van der Waals surface area contributed by atoms with Gasteiger partial charge in [0.2, 0.25) is 0 Å². The fourth-order valence-corrected chi connectivity index (χ4v) is 8.16. The smallest absolute Gasteiger partial charge is 0.00853 e. The zero-order valence-corrected chi connectivity index (χ0v) is 18.1. The van der Waals surface area contributed by atoms with Crippen LogP contribution in [0.2, 0.25) is 0 Å². The second-order valence-corrected chi connectivity index (χ2v) is 11.3. The minimum atomic E-state index is 0.590. The van der Waals surface area contributed by atoms with Crippen LogP contribution in [0.15, 0.2) is 11.6 Å². The summed E-state index contributed by atoms with van der Waals surface area (Å²) in [6.07, 6.45) is 20.6. The molecular weight excluding hydrogens is 312 g/mol. The van der Waals surface area contributed by atoms with Gasteiger partial charge in [-0.2, -0.15) is 0 Å². The molecule has 26 heavy (non-hydrogen) atoms. The Hall–Kier alpha value is -0.260. The second-order valence-electron chi connectivity index (χ2n) is 11.3. The van der Waals surface area contributed by atoms with Gasteiger partial charge in [-0.3, -0.25) is 0 Å². The highest BCUT2D eigenvalue weighted by atomic mass is 14.6. The van der Waals surface area contributed by atoms with Crippen LogP contribution < -0.4 is 0 Å².